The van der Waals surface area contributed by atoms with Crippen molar-refractivity contribution in [2.24, 2.45) is 0 Å². The van der Waals surface area contributed by atoms with Gasteiger partial charge in [0, 0.05) is 43.6 Å². The monoisotopic (exact) mass is 317 g/mol. The summed E-state index contributed by atoms with van der Waals surface area (Å²) in [5.41, 5.74) is 2.04. The molecule has 3 rings (SSSR count). The zero-order valence-corrected chi connectivity index (χ0v) is 13.9. The first-order chi connectivity index (χ1) is 11.1. The Morgan fingerprint density at radius 1 is 1.48 bits per heavy atom. The maximum Gasteiger partial charge on any atom is 0.290 e. The minimum atomic E-state index is -0.0680. The third kappa shape index (κ3) is 2.91. The Balaban J connectivity index is 1.77. The van der Waals surface area contributed by atoms with Crippen LogP contribution in [0.2, 0.25) is 0 Å². The molecule has 23 heavy (non-hydrogen) atoms. The highest BCUT2D eigenvalue weighted by atomic mass is 16.5. The van der Waals surface area contributed by atoms with E-state index >= 15 is 0 Å². The second-order valence-electron chi connectivity index (χ2n) is 5.81. The fourth-order valence-electron chi connectivity index (χ4n) is 3.08. The second-order valence-corrected chi connectivity index (χ2v) is 5.81. The van der Waals surface area contributed by atoms with E-state index in [0.717, 1.165) is 31.0 Å². The van der Waals surface area contributed by atoms with Crippen molar-refractivity contribution in [3.05, 3.63) is 41.4 Å². The van der Waals surface area contributed by atoms with Crippen LogP contribution >= 0.6 is 0 Å². The molecule has 0 saturated carbocycles. The van der Waals surface area contributed by atoms with E-state index in [1.54, 1.807) is 6.26 Å². The average Bonchev–Trinajstić information content (AvgIpc) is 3.14. The van der Waals surface area contributed by atoms with E-state index in [4.69, 9.17) is 9.15 Å². The Morgan fingerprint density at radius 2 is 2.30 bits per heavy atom. The first-order valence-electron chi connectivity index (χ1n) is 8.10. The summed E-state index contributed by atoms with van der Waals surface area (Å²) in [6.07, 6.45) is 4.31. The van der Waals surface area contributed by atoms with Crippen molar-refractivity contribution in [2.45, 2.75) is 39.8 Å². The van der Waals surface area contributed by atoms with Crippen LogP contribution in [0.15, 0.2) is 22.9 Å². The van der Waals surface area contributed by atoms with Crippen LogP contribution in [0.25, 0.3) is 0 Å². The van der Waals surface area contributed by atoms with Crippen molar-refractivity contribution in [1.29, 1.82) is 0 Å². The number of imidazole rings is 1. The SMILES string of the molecule is CCOCCc1cnc2n1CCN(C(=O)c1occc1C)[C@@H]2C. The van der Waals surface area contributed by atoms with Gasteiger partial charge in [-0.3, -0.25) is 4.79 Å². The van der Waals surface area contributed by atoms with E-state index in [-0.39, 0.29) is 11.9 Å². The van der Waals surface area contributed by atoms with E-state index in [2.05, 4.69) is 9.55 Å². The Hall–Kier alpha value is -2.08. The quantitative estimate of drug-likeness (QED) is 0.795. The lowest BCUT2D eigenvalue weighted by Crippen LogP contribution is -2.41. The highest BCUT2D eigenvalue weighted by molar-refractivity contribution is 5.93. The fourth-order valence-corrected chi connectivity index (χ4v) is 3.08. The molecule has 2 aromatic rings. The lowest BCUT2D eigenvalue weighted by Gasteiger charge is -2.34. The van der Waals surface area contributed by atoms with Crippen molar-refractivity contribution in [3.63, 3.8) is 0 Å². The molecule has 0 N–H and O–H groups in total. The van der Waals surface area contributed by atoms with Crippen molar-refractivity contribution in [3.8, 4) is 0 Å². The molecule has 124 valence electrons. The van der Waals surface area contributed by atoms with E-state index in [9.17, 15) is 4.79 Å². The van der Waals surface area contributed by atoms with Gasteiger partial charge in [-0.1, -0.05) is 0 Å². The largest absolute Gasteiger partial charge is 0.459 e. The molecule has 6 heteroatoms. The van der Waals surface area contributed by atoms with Gasteiger partial charge in [0.15, 0.2) is 5.76 Å². The molecule has 0 saturated heterocycles. The van der Waals surface area contributed by atoms with Crippen LogP contribution in [-0.2, 0) is 17.7 Å². The summed E-state index contributed by atoms with van der Waals surface area (Å²) in [6.45, 7) is 8.73. The maximum atomic E-state index is 12.7. The van der Waals surface area contributed by atoms with Crippen LogP contribution in [0, 0.1) is 6.92 Å². The highest BCUT2D eigenvalue weighted by Gasteiger charge is 2.32. The van der Waals surface area contributed by atoms with Crippen LogP contribution < -0.4 is 0 Å². The molecule has 3 heterocycles. The Kier molecular flexibility index (Phi) is 4.52. The molecule has 0 bridgehead atoms. The average molecular weight is 317 g/mol. The molecule has 0 aromatic carbocycles. The topological polar surface area (TPSA) is 60.5 Å². The lowest BCUT2D eigenvalue weighted by atomic mass is 10.1. The summed E-state index contributed by atoms with van der Waals surface area (Å²) in [5, 5.41) is 0. The Labute approximate surface area is 136 Å². The number of hydrogen-bond donors (Lipinski definition) is 0. The first kappa shape index (κ1) is 15.8. The van der Waals surface area contributed by atoms with Crippen LogP contribution in [0.4, 0.5) is 0 Å². The van der Waals surface area contributed by atoms with Gasteiger partial charge in [0.2, 0.25) is 0 Å². The molecular formula is C17H23N3O3. The van der Waals surface area contributed by atoms with Gasteiger partial charge in [-0.05, 0) is 26.8 Å². The minimum Gasteiger partial charge on any atom is -0.459 e. The van der Waals surface area contributed by atoms with Gasteiger partial charge < -0.3 is 18.6 Å². The van der Waals surface area contributed by atoms with Gasteiger partial charge in [0.05, 0.1) is 18.9 Å². The predicted molar refractivity (Wildman–Crippen MR) is 85.3 cm³/mol. The summed E-state index contributed by atoms with van der Waals surface area (Å²) in [7, 11) is 0. The standard InChI is InChI=1S/C17H23N3O3/c1-4-22-9-6-14-11-18-16-13(3)19(7-8-20(14)16)17(21)15-12(2)5-10-23-15/h5,10-11,13H,4,6-9H2,1-3H3/t13-/m1/s1. The van der Waals surface area contributed by atoms with Gasteiger partial charge in [-0.25, -0.2) is 4.98 Å². The molecule has 1 amide bonds. The van der Waals surface area contributed by atoms with Crippen molar-refractivity contribution < 1.29 is 13.9 Å². The van der Waals surface area contributed by atoms with E-state index in [1.165, 1.54) is 5.69 Å². The number of hydrogen-bond acceptors (Lipinski definition) is 4. The van der Waals surface area contributed by atoms with Gasteiger partial charge in [0.25, 0.3) is 5.91 Å². The van der Waals surface area contributed by atoms with Crippen molar-refractivity contribution in [2.75, 3.05) is 19.8 Å². The van der Waals surface area contributed by atoms with E-state index < -0.39 is 0 Å². The van der Waals surface area contributed by atoms with Gasteiger partial charge >= 0.3 is 0 Å². The summed E-state index contributed by atoms with van der Waals surface area (Å²) >= 11 is 0. The third-order valence-electron chi connectivity index (χ3n) is 4.40. The number of aromatic nitrogens is 2. The smallest absolute Gasteiger partial charge is 0.290 e. The summed E-state index contributed by atoms with van der Waals surface area (Å²) in [6, 6.07) is 1.75. The number of nitrogens with zero attached hydrogens (tertiary/aromatic N) is 3. The normalized spacial score (nSPS) is 17.3. The number of ether oxygens (including phenoxy) is 1. The number of carbonyl (C=O) groups is 1. The Morgan fingerprint density at radius 3 is 3.00 bits per heavy atom. The molecule has 1 aliphatic heterocycles. The zero-order chi connectivity index (χ0) is 16.4. The summed E-state index contributed by atoms with van der Waals surface area (Å²) < 4.78 is 13.0. The van der Waals surface area contributed by atoms with E-state index in [1.807, 2.05) is 37.9 Å². The molecule has 0 fully saturated rings. The number of fused-ring (bicyclic) bond motifs is 1. The maximum absolute atomic E-state index is 12.7. The van der Waals surface area contributed by atoms with Crippen LogP contribution in [0.5, 0.6) is 0 Å². The van der Waals surface area contributed by atoms with Gasteiger partial charge in [-0.15, -0.1) is 0 Å². The number of carbonyl (C=O) groups excluding carboxylic acids is 1. The third-order valence-corrected chi connectivity index (χ3v) is 4.40. The molecular weight excluding hydrogens is 294 g/mol. The fraction of sp³-hybridized carbons (Fsp3) is 0.529. The molecule has 0 radical (unpaired) electrons. The Bertz CT molecular complexity index is 689. The van der Waals surface area contributed by atoms with Gasteiger partial charge in [-0.2, -0.15) is 0 Å². The van der Waals surface area contributed by atoms with E-state index in [0.29, 0.717) is 18.9 Å². The van der Waals surface area contributed by atoms with Crippen molar-refractivity contribution in [1.82, 2.24) is 14.5 Å². The highest BCUT2D eigenvalue weighted by Crippen LogP contribution is 2.27. The lowest BCUT2D eigenvalue weighted by molar-refractivity contribution is 0.0601. The summed E-state index contributed by atoms with van der Waals surface area (Å²) in [4.78, 5) is 19.1. The van der Waals surface area contributed by atoms with Crippen LogP contribution in [-0.4, -0.2) is 40.1 Å². The van der Waals surface area contributed by atoms with Gasteiger partial charge in [0.1, 0.15) is 5.82 Å². The number of aryl methyl sites for hydroxylation is 1. The van der Waals surface area contributed by atoms with Crippen molar-refractivity contribution >= 4 is 5.91 Å². The van der Waals surface area contributed by atoms with Crippen LogP contribution in [0.1, 0.15) is 47.5 Å². The van der Waals surface area contributed by atoms with Crippen LogP contribution in [0.3, 0.4) is 0 Å². The summed E-state index contributed by atoms with van der Waals surface area (Å²) in [5.74, 6) is 1.29. The predicted octanol–water partition coefficient (Wildman–Crippen LogP) is 2.58. The number of rotatable bonds is 5. The molecule has 6 nitrogen and oxygen atoms in total. The minimum absolute atomic E-state index is 0.0647. The molecule has 1 aliphatic rings. The molecule has 0 unspecified atom stereocenters. The molecule has 0 spiro atoms. The zero-order valence-electron chi connectivity index (χ0n) is 13.9. The molecule has 1 atom stereocenters. The second kappa shape index (κ2) is 6.58. The first-order valence-corrected chi connectivity index (χ1v) is 8.10. The number of furan rings is 1. The molecule has 2 aromatic heterocycles. The number of amides is 1. The molecule has 0 aliphatic carbocycles.